The number of carboxylic acid groups (broad SMARTS) is 1. The first-order valence-corrected chi connectivity index (χ1v) is 7.70. The molecule has 0 saturated carbocycles. The second-order valence-electron chi connectivity index (χ2n) is 6.45. The largest absolute Gasteiger partial charge is 0.478 e. The van der Waals surface area contributed by atoms with Crippen molar-refractivity contribution < 1.29 is 9.90 Å². The van der Waals surface area contributed by atoms with E-state index in [1.165, 1.54) is 12.8 Å². The number of hydrogen-bond acceptors (Lipinski definition) is 2. The van der Waals surface area contributed by atoms with Crippen molar-refractivity contribution in [2.75, 3.05) is 7.05 Å². The molecule has 1 aromatic heterocycles. The van der Waals surface area contributed by atoms with Gasteiger partial charge in [0, 0.05) is 35.2 Å². The monoisotopic (exact) mass is 284 g/mol. The molecule has 2 aliphatic heterocycles. The maximum Gasteiger partial charge on any atom is 0.337 e. The zero-order valence-corrected chi connectivity index (χ0v) is 12.2. The number of fused-ring (bicyclic) bond motifs is 3. The molecule has 2 unspecified atom stereocenters. The van der Waals surface area contributed by atoms with Crippen LogP contribution in [0.4, 0.5) is 0 Å². The van der Waals surface area contributed by atoms with E-state index in [-0.39, 0.29) is 0 Å². The minimum atomic E-state index is -0.833. The van der Waals surface area contributed by atoms with Crippen molar-refractivity contribution in [1.82, 2.24) is 9.47 Å². The molecule has 110 valence electrons. The number of piperidine rings is 1. The number of aromatic nitrogens is 1. The first kappa shape index (κ1) is 12.9. The number of rotatable bonds is 2. The number of aromatic carboxylic acids is 1. The van der Waals surface area contributed by atoms with Crippen LogP contribution in [0.5, 0.6) is 0 Å². The average Bonchev–Trinajstić information content (AvgIpc) is 2.93. The molecule has 0 aliphatic carbocycles. The van der Waals surface area contributed by atoms with Crippen LogP contribution in [-0.2, 0) is 0 Å². The number of carboxylic acids is 1. The van der Waals surface area contributed by atoms with Crippen molar-refractivity contribution >= 4 is 16.9 Å². The van der Waals surface area contributed by atoms with Gasteiger partial charge in [-0.25, -0.2) is 4.79 Å². The molecule has 3 heterocycles. The third-order valence-electron chi connectivity index (χ3n) is 5.44. The van der Waals surface area contributed by atoms with Gasteiger partial charge in [-0.3, -0.25) is 0 Å². The molecule has 2 aliphatic rings. The first-order chi connectivity index (χ1) is 10.1. The lowest BCUT2D eigenvalue weighted by Gasteiger charge is -2.37. The summed E-state index contributed by atoms with van der Waals surface area (Å²) < 4.78 is 2.22. The Bertz CT molecular complexity index is 692. The van der Waals surface area contributed by atoms with Crippen molar-refractivity contribution in [2.45, 2.75) is 43.8 Å². The third kappa shape index (κ3) is 1.89. The number of hydrogen-bond donors (Lipinski definition) is 1. The summed E-state index contributed by atoms with van der Waals surface area (Å²) >= 11 is 0. The van der Waals surface area contributed by atoms with Gasteiger partial charge in [0.2, 0.25) is 0 Å². The first-order valence-electron chi connectivity index (χ1n) is 7.70. The predicted molar refractivity (Wildman–Crippen MR) is 81.7 cm³/mol. The van der Waals surface area contributed by atoms with E-state index in [4.69, 9.17) is 0 Å². The molecule has 2 saturated heterocycles. The highest BCUT2D eigenvalue weighted by Gasteiger charge is 2.39. The SMILES string of the molecule is CN1C2CCC1CC(n1cc(C(=O)O)c3ccccc31)C2. The fourth-order valence-corrected chi connectivity index (χ4v) is 4.29. The molecule has 21 heavy (non-hydrogen) atoms. The van der Waals surface area contributed by atoms with Crippen LogP contribution >= 0.6 is 0 Å². The molecular weight excluding hydrogens is 264 g/mol. The van der Waals surface area contributed by atoms with Gasteiger partial charge in [-0.2, -0.15) is 0 Å². The summed E-state index contributed by atoms with van der Waals surface area (Å²) in [6.45, 7) is 0. The van der Waals surface area contributed by atoms with Crippen LogP contribution in [0.3, 0.4) is 0 Å². The lowest BCUT2D eigenvalue weighted by atomic mass is 9.97. The maximum absolute atomic E-state index is 11.5. The van der Waals surface area contributed by atoms with E-state index in [0.29, 0.717) is 23.7 Å². The molecule has 2 bridgehead atoms. The van der Waals surface area contributed by atoms with Crippen LogP contribution in [0, 0.1) is 0 Å². The van der Waals surface area contributed by atoms with Gasteiger partial charge in [0.05, 0.1) is 5.56 Å². The van der Waals surface area contributed by atoms with E-state index in [1.807, 2.05) is 30.5 Å². The van der Waals surface area contributed by atoms with Crippen LogP contribution in [0.1, 0.15) is 42.1 Å². The molecule has 2 aromatic rings. The number of para-hydroxylation sites is 1. The Morgan fingerprint density at radius 2 is 1.81 bits per heavy atom. The van der Waals surface area contributed by atoms with Gasteiger partial charge in [0.1, 0.15) is 0 Å². The van der Waals surface area contributed by atoms with Gasteiger partial charge in [-0.15, -0.1) is 0 Å². The second kappa shape index (κ2) is 4.60. The summed E-state index contributed by atoms with van der Waals surface area (Å²) in [5, 5.41) is 10.3. The molecule has 4 rings (SSSR count). The topological polar surface area (TPSA) is 45.5 Å². The van der Waals surface area contributed by atoms with Gasteiger partial charge < -0.3 is 14.6 Å². The summed E-state index contributed by atoms with van der Waals surface area (Å²) in [7, 11) is 2.23. The molecule has 2 atom stereocenters. The Morgan fingerprint density at radius 3 is 2.48 bits per heavy atom. The van der Waals surface area contributed by atoms with Crippen molar-refractivity contribution in [3.63, 3.8) is 0 Å². The fourth-order valence-electron chi connectivity index (χ4n) is 4.29. The minimum absolute atomic E-state index is 0.428. The number of carbonyl (C=O) groups is 1. The van der Waals surface area contributed by atoms with Gasteiger partial charge in [-0.1, -0.05) is 18.2 Å². The van der Waals surface area contributed by atoms with Crippen molar-refractivity contribution in [1.29, 1.82) is 0 Å². The van der Waals surface area contributed by atoms with E-state index < -0.39 is 5.97 Å². The summed E-state index contributed by atoms with van der Waals surface area (Å²) in [5.74, 6) is -0.833. The summed E-state index contributed by atoms with van der Waals surface area (Å²) in [4.78, 5) is 14.0. The summed E-state index contributed by atoms with van der Waals surface area (Å²) in [6.07, 6.45) is 6.67. The number of benzene rings is 1. The van der Waals surface area contributed by atoms with Crippen LogP contribution in [0.25, 0.3) is 10.9 Å². The van der Waals surface area contributed by atoms with E-state index in [9.17, 15) is 9.90 Å². The molecular formula is C17H20N2O2. The van der Waals surface area contributed by atoms with Crippen molar-refractivity contribution in [3.05, 3.63) is 36.0 Å². The van der Waals surface area contributed by atoms with E-state index in [1.54, 1.807) is 0 Å². The standard InChI is InChI=1S/C17H20N2O2/c1-18-11-6-7-12(18)9-13(8-11)19-10-15(17(20)21)14-4-2-3-5-16(14)19/h2-5,10-13H,6-9H2,1H3,(H,20,21). The average molecular weight is 284 g/mol. The van der Waals surface area contributed by atoms with Crippen LogP contribution in [0.15, 0.2) is 30.5 Å². The van der Waals surface area contributed by atoms with Gasteiger partial charge >= 0.3 is 5.97 Å². The van der Waals surface area contributed by atoms with E-state index in [0.717, 1.165) is 23.7 Å². The van der Waals surface area contributed by atoms with E-state index >= 15 is 0 Å². The molecule has 4 heteroatoms. The number of nitrogens with zero attached hydrogens (tertiary/aromatic N) is 2. The lowest BCUT2D eigenvalue weighted by Crippen LogP contribution is -2.40. The van der Waals surface area contributed by atoms with Gasteiger partial charge in [0.15, 0.2) is 0 Å². The maximum atomic E-state index is 11.5. The smallest absolute Gasteiger partial charge is 0.337 e. The predicted octanol–water partition coefficient (Wildman–Crippen LogP) is 3.14. The molecule has 0 radical (unpaired) electrons. The molecule has 0 spiro atoms. The molecule has 4 nitrogen and oxygen atoms in total. The van der Waals surface area contributed by atoms with E-state index in [2.05, 4.69) is 16.5 Å². The Kier molecular flexibility index (Phi) is 2.82. The fraction of sp³-hybridized carbons (Fsp3) is 0.471. The summed E-state index contributed by atoms with van der Waals surface area (Å²) in [6, 6.07) is 9.61. The molecule has 2 fully saturated rings. The van der Waals surface area contributed by atoms with Gasteiger partial charge in [-0.05, 0) is 38.8 Å². The highest BCUT2D eigenvalue weighted by Crippen LogP contribution is 2.41. The molecule has 0 amide bonds. The van der Waals surface area contributed by atoms with Crippen molar-refractivity contribution in [3.8, 4) is 0 Å². The normalized spacial score (nSPS) is 29.1. The lowest BCUT2D eigenvalue weighted by molar-refractivity contribution is 0.0698. The van der Waals surface area contributed by atoms with Crippen molar-refractivity contribution in [2.24, 2.45) is 0 Å². The second-order valence-corrected chi connectivity index (χ2v) is 6.45. The van der Waals surface area contributed by atoms with Crippen LogP contribution < -0.4 is 0 Å². The highest BCUT2D eigenvalue weighted by molar-refractivity contribution is 6.03. The van der Waals surface area contributed by atoms with Gasteiger partial charge in [0.25, 0.3) is 0 Å². The highest BCUT2D eigenvalue weighted by atomic mass is 16.4. The molecule has 1 N–H and O–H groups in total. The Labute approximate surface area is 124 Å². The third-order valence-corrected chi connectivity index (χ3v) is 5.44. The summed E-state index contributed by atoms with van der Waals surface area (Å²) in [5.41, 5.74) is 1.49. The Balaban J connectivity index is 1.79. The Morgan fingerprint density at radius 1 is 1.14 bits per heavy atom. The zero-order chi connectivity index (χ0) is 14.6. The zero-order valence-electron chi connectivity index (χ0n) is 12.2. The Hall–Kier alpha value is -1.81. The quantitative estimate of drug-likeness (QED) is 0.921. The van der Waals surface area contributed by atoms with Crippen LogP contribution in [0.2, 0.25) is 0 Å². The minimum Gasteiger partial charge on any atom is -0.478 e. The molecule has 1 aromatic carbocycles. The van der Waals surface area contributed by atoms with Crippen LogP contribution in [-0.4, -0.2) is 39.7 Å².